The van der Waals surface area contributed by atoms with Gasteiger partial charge in [-0.3, -0.25) is 4.79 Å². The highest BCUT2D eigenvalue weighted by Crippen LogP contribution is 2.30. The van der Waals surface area contributed by atoms with Crippen LogP contribution in [0.1, 0.15) is 55.3 Å². The van der Waals surface area contributed by atoms with E-state index in [-0.39, 0.29) is 27.9 Å². The minimum absolute atomic E-state index is 0.0348. The van der Waals surface area contributed by atoms with Crippen molar-refractivity contribution in [3.8, 4) is 5.75 Å². The molecule has 0 aromatic heterocycles. The van der Waals surface area contributed by atoms with Crippen molar-refractivity contribution in [1.82, 2.24) is 4.31 Å². The Bertz CT molecular complexity index is 1040. The molecule has 32 heavy (non-hydrogen) atoms. The maximum Gasteiger partial charge on any atom is 0.255 e. The average molecular weight is 480 g/mol. The quantitative estimate of drug-likeness (QED) is 0.365. The lowest BCUT2D eigenvalue weighted by atomic mass is 9.95. The van der Waals surface area contributed by atoms with Crippen molar-refractivity contribution >= 4 is 33.2 Å². The highest BCUT2D eigenvalue weighted by atomic mass is 35.5. The first-order chi connectivity index (χ1) is 15.3. The average Bonchev–Trinajstić information content (AvgIpc) is 2.79. The van der Waals surface area contributed by atoms with Crippen molar-refractivity contribution in [2.75, 3.05) is 18.4 Å². The van der Waals surface area contributed by atoms with E-state index in [0.717, 1.165) is 38.5 Å². The molecule has 1 aliphatic carbocycles. The molecule has 0 aliphatic heterocycles. The van der Waals surface area contributed by atoms with Crippen LogP contribution in [0.25, 0.3) is 0 Å². The second-order valence-electron chi connectivity index (χ2n) is 8.05. The molecule has 7 nitrogen and oxygen atoms in total. The third kappa shape index (κ3) is 6.01. The maximum absolute atomic E-state index is 13.6. The topological polar surface area (TPSA) is 113 Å². The number of nitrogens with two attached hydrogens (primary N) is 1. The molecular weight excluding hydrogens is 450 g/mol. The highest BCUT2D eigenvalue weighted by Gasteiger charge is 2.32. The lowest BCUT2D eigenvalue weighted by molar-refractivity contribution is 0.102. The summed E-state index contributed by atoms with van der Waals surface area (Å²) in [6, 6.07) is 10.3. The van der Waals surface area contributed by atoms with Crippen molar-refractivity contribution < 1.29 is 18.3 Å². The molecule has 1 amide bonds. The van der Waals surface area contributed by atoms with Crippen LogP contribution in [0.3, 0.4) is 0 Å². The fraction of sp³-hybridized carbons (Fsp3) is 0.435. The third-order valence-corrected chi connectivity index (χ3v) is 7.91. The van der Waals surface area contributed by atoms with Gasteiger partial charge in [-0.15, -0.1) is 0 Å². The summed E-state index contributed by atoms with van der Waals surface area (Å²) in [7, 11) is -3.78. The normalized spacial score (nSPS) is 15.1. The Labute approximate surface area is 194 Å². The molecule has 1 fully saturated rings. The summed E-state index contributed by atoms with van der Waals surface area (Å²) < 4.78 is 28.7. The maximum atomic E-state index is 13.6. The van der Waals surface area contributed by atoms with E-state index < -0.39 is 15.9 Å². The van der Waals surface area contributed by atoms with Crippen molar-refractivity contribution in [3.63, 3.8) is 0 Å². The van der Waals surface area contributed by atoms with Crippen LogP contribution in [0.4, 0.5) is 5.69 Å². The number of aromatic hydroxyl groups is 1. The van der Waals surface area contributed by atoms with Crippen LogP contribution < -0.4 is 11.1 Å². The molecule has 3 rings (SSSR count). The number of hydrogen-bond acceptors (Lipinski definition) is 5. The SMILES string of the molecule is NCCCCN(C1CCCCC1)S(=O)(=O)c1cccc(C(=O)Nc2cc(Cl)ccc2O)c1. The number of amides is 1. The molecule has 0 bridgehead atoms. The number of nitrogens with zero attached hydrogens (tertiary/aromatic N) is 1. The molecule has 0 unspecified atom stereocenters. The van der Waals surface area contributed by atoms with E-state index in [0.29, 0.717) is 24.5 Å². The number of sulfonamides is 1. The van der Waals surface area contributed by atoms with Crippen LogP contribution in [0, 0.1) is 0 Å². The predicted molar refractivity (Wildman–Crippen MR) is 127 cm³/mol. The number of anilines is 1. The Morgan fingerprint density at radius 1 is 1.12 bits per heavy atom. The summed E-state index contributed by atoms with van der Waals surface area (Å²) >= 11 is 5.94. The van der Waals surface area contributed by atoms with Gasteiger partial charge in [-0.05, 0) is 68.6 Å². The molecule has 174 valence electrons. The Balaban J connectivity index is 1.85. The van der Waals surface area contributed by atoms with Crippen LogP contribution in [-0.4, -0.2) is 42.9 Å². The van der Waals surface area contributed by atoms with E-state index in [1.165, 1.54) is 36.4 Å². The molecule has 1 aliphatic rings. The Morgan fingerprint density at radius 3 is 2.59 bits per heavy atom. The van der Waals surface area contributed by atoms with E-state index in [1.807, 2.05) is 0 Å². The van der Waals surface area contributed by atoms with E-state index in [4.69, 9.17) is 17.3 Å². The number of unbranched alkanes of at least 4 members (excludes halogenated alkanes) is 1. The van der Waals surface area contributed by atoms with Crippen molar-refractivity contribution in [3.05, 3.63) is 53.1 Å². The summed E-state index contributed by atoms with van der Waals surface area (Å²) in [5.74, 6) is -0.665. The van der Waals surface area contributed by atoms with Gasteiger partial charge in [0.15, 0.2) is 0 Å². The van der Waals surface area contributed by atoms with Gasteiger partial charge in [-0.1, -0.05) is 36.9 Å². The fourth-order valence-corrected chi connectivity index (χ4v) is 5.96. The minimum atomic E-state index is -3.78. The number of phenolic OH excluding ortho intramolecular Hbond substituents is 1. The Kier molecular flexibility index (Phi) is 8.53. The summed E-state index contributed by atoms with van der Waals surface area (Å²) in [5, 5.41) is 12.9. The standard InChI is InChI=1S/C23H30ClN3O4S/c24-18-11-12-22(28)21(16-18)26-23(29)17-7-6-10-20(15-17)32(30,31)27(14-5-4-13-25)19-8-2-1-3-9-19/h6-7,10-12,15-16,19,28H,1-5,8-9,13-14,25H2,(H,26,29). The minimum Gasteiger partial charge on any atom is -0.506 e. The van der Waals surface area contributed by atoms with Gasteiger partial charge in [0.2, 0.25) is 10.0 Å². The molecule has 0 radical (unpaired) electrons. The van der Waals surface area contributed by atoms with Gasteiger partial charge in [-0.2, -0.15) is 4.31 Å². The number of phenols is 1. The van der Waals surface area contributed by atoms with E-state index in [2.05, 4.69) is 5.32 Å². The largest absolute Gasteiger partial charge is 0.506 e. The van der Waals surface area contributed by atoms with Crippen LogP contribution in [-0.2, 0) is 10.0 Å². The molecule has 0 heterocycles. The number of halogens is 1. The monoisotopic (exact) mass is 479 g/mol. The second-order valence-corrected chi connectivity index (χ2v) is 10.4. The molecule has 0 saturated heterocycles. The second kappa shape index (κ2) is 11.1. The van der Waals surface area contributed by atoms with Crippen LogP contribution in [0.5, 0.6) is 5.75 Å². The van der Waals surface area contributed by atoms with Crippen LogP contribution in [0.15, 0.2) is 47.4 Å². The lowest BCUT2D eigenvalue weighted by Crippen LogP contribution is -2.42. The predicted octanol–water partition coefficient (Wildman–Crippen LogP) is 4.36. The van der Waals surface area contributed by atoms with E-state index in [1.54, 1.807) is 10.4 Å². The van der Waals surface area contributed by atoms with Gasteiger partial charge in [-0.25, -0.2) is 8.42 Å². The van der Waals surface area contributed by atoms with E-state index >= 15 is 0 Å². The number of rotatable bonds is 9. The van der Waals surface area contributed by atoms with Gasteiger partial charge in [0, 0.05) is 23.2 Å². The molecular formula is C23H30ClN3O4S. The van der Waals surface area contributed by atoms with Crippen molar-refractivity contribution in [2.24, 2.45) is 5.73 Å². The van der Waals surface area contributed by atoms with Crippen LogP contribution in [0.2, 0.25) is 5.02 Å². The summed E-state index contributed by atoms with van der Waals surface area (Å²) in [5.41, 5.74) is 5.94. The Morgan fingerprint density at radius 2 is 1.88 bits per heavy atom. The molecule has 2 aromatic rings. The van der Waals surface area contributed by atoms with Gasteiger partial charge in [0.05, 0.1) is 10.6 Å². The smallest absolute Gasteiger partial charge is 0.255 e. The number of nitrogens with one attached hydrogen (secondary N) is 1. The van der Waals surface area contributed by atoms with Gasteiger partial charge >= 0.3 is 0 Å². The van der Waals surface area contributed by atoms with Crippen molar-refractivity contribution in [2.45, 2.75) is 55.9 Å². The molecule has 2 aromatic carbocycles. The van der Waals surface area contributed by atoms with Gasteiger partial charge in [0.25, 0.3) is 5.91 Å². The zero-order valence-corrected chi connectivity index (χ0v) is 19.5. The molecule has 0 atom stereocenters. The zero-order valence-electron chi connectivity index (χ0n) is 18.0. The molecule has 4 N–H and O–H groups in total. The summed E-state index contributed by atoms with van der Waals surface area (Å²) in [6.45, 7) is 0.932. The zero-order chi connectivity index (χ0) is 23.1. The molecule has 9 heteroatoms. The first kappa shape index (κ1) is 24.5. The third-order valence-electron chi connectivity index (χ3n) is 5.72. The highest BCUT2D eigenvalue weighted by molar-refractivity contribution is 7.89. The molecule has 0 spiro atoms. The number of carbonyl (C=O) groups is 1. The van der Waals surface area contributed by atoms with Crippen molar-refractivity contribution in [1.29, 1.82) is 0 Å². The summed E-state index contributed by atoms with van der Waals surface area (Å²) in [6.07, 6.45) is 6.29. The number of benzene rings is 2. The first-order valence-electron chi connectivity index (χ1n) is 10.9. The Hall–Kier alpha value is -2.13. The van der Waals surface area contributed by atoms with E-state index in [9.17, 15) is 18.3 Å². The van der Waals surface area contributed by atoms with Gasteiger partial charge in [0.1, 0.15) is 5.75 Å². The van der Waals surface area contributed by atoms with Gasteiger partial charge < -0.3 is 16.2 Å². The first-order valence-corrected chi connectivity index (χ1v) is 12.8. The molecule has 1 saturated carbocycles. The van der Waals surface area contributed by atoms with Crippen LogP contribution >= 0.6 is 11.6 Å². The summed E-state index contributed by atoms with van der Waals surface area (Å²) in [4.78, 5) is 12.8. The lowest BCUT2D eigenvalue weighted by Gasteiger charge is -2.33. The number of hydrogen-bond donors (Lipinski definition) is 3. The number of carbonyl (C=O) groups excluding carboxylic acids is 1. The fourth-order valence-electron chi connectivity index (χ4n) is 4.02.